The summed E-state index contributed by atoms with van der Waals surface area (Å²) >= 11 is 0. The van der Waals surface area contributed by atoms with Gasteiger partial charge in [-0.3, -0.25) is 4.79 Å². The molecule has 0 saturated carbocycles. The van der Waals surface area contributed by atoms with Crippen LogP contribution in [0.4, 0.5) is 0 Å². The minimum Gasteiger partial charge on any atom is -1.00 e. The van der Waals surface area contributed by atoms with Gasteiger partial charge in [-0.15, -0.1) is 0 Å². The first kappa shape index (κ1) is 15.4. The number of ketones is 1. The summed E-state index contributed by atoms with van der Waals surface area (Å²) in [5.74, 6) is 0.0947. The van der Waals surface area contributed by atoms with E-state index in [1.165, 1.54) is 16.3 Å². The normalized spacial score (nSPS) is 10.1. The van der Waals surface area contributed by atoms with E-state index in [2.05, 4.69) is 47.0 Å². The molecule has 0 N–H and O–H groups in total. The molecular formula is C18H16BrNO. The van der Waals surface area contributed by atoms with E-state index in [-0.39, 0.29) is 22.8 Å². The molecule has 0 unspecified atom stereocenters. The molecule has 0 saturated heterocycles. The molecule has 0 aliphatic heterocycles. The zero-order valence-electron chi connectivity index (χ0n) is 11.8. The van der Waals surface area contributed by atoms with Crippen LogP contribution in [0.5, 0.6) is 0 Å². The van der Waals surface area contributed by atoms with E-state index in [0.29, 0.717) is 0 Å². The minimum absolute atomic E-state index is 0. The first-order valence-corrected chi connectivity index (χ1v) is 6.71. The van der Waals surface area contributed by atoms with E-state index < -0.39 is 0 Å². The number of fused-ring (bicyclic) bond motifs is 1. The van der Waals surface area contributed by atoms with E-state index >= 15 is 0 Å². The average molecular weight is 342 g/mol. The fourth-order valence-electron chi connectivity index (χ4n) is 2.46. The molecule has 0 aliphatic carbocycles. The first-order valence-electron chi connectivity index (χ1n) is 6.71. The summed E-state index contributed by atoms with van der Waals surface area (Å²) in [6, 6.07) is 18.5. The van der Waals surface area contributed by atoms with Gasteiger partial charge in [0.05, 0.1) is 5.56 Å². The number of Topliss-reactive ketones (excluding diaryl/α,β-unsaturated/α-hetero) is 1. The number of hydrogen-bond acceptors (Lipinski definition) is 1. The Morgan fingerprint density at radius 3 is 2.57 bits per heavy atom. The second kappa shape index (κ2) is 6.64. The van der Waals surface area contributed by atoms with Gasteiger partial charge in [0.2, 0.25) is 0 Å². The molecule has 3 heteroatoms. The summed E-state index contributed by atoms with van der Waals surface area (Å²) in [4.78, 5) is 11.4. The van der Waals surface area contributed by atoms with Crippen LogP contribution in [0, 0.1) is 0 Å². The topological polar surface area (TPSA) is 20.9 Å². The molecule has 21 heavy (non-hydrogen) atoms. The predicted octanol–water partition coefficient (Wildman–Crippen LogP) is 0.382. The van der Waals surface area contributed by atoms with E-state index in [0.717, 1.165) is 12.1 Å². The molecule has 0 fully saturated rings. The number of nitrogens with zero attached hydrogens (tertiary/aromatic N) is 1. The Morgan fingerprint density at radius 2 is 1.76 bits per heavy atom. The highest BCUT2D eigenvalue weighted by Gasteiger charge is 2.09. The zero-order valence-corrected chi connectivity index (χ0v) is 13.4. The highest BCUT2D eigenvalue weighted by Crippen LogP contribution is 2.18. The van der Waals surface area contributed by atoms with Crippen molar-refractivity contribution in [3.8, 4) is 0 Å². The van der Waals surface area contributed by atoms with Crippen LogP contribution in [0.25, 0.3) is 10.8 Å². The Hall–Kier alpha value is -2.00. The van der Waals surface area contributed by atoms with Gasteiger partial charge in [-0.05, 0) is 23.8 Å². The lowest BCUT2D eigenvalue weighted by molar-refractivity contribution is -0.688. The lowest BCUT2D eigenvalue weighted by atomic mass is 10.0. The van der Waals surface area contributed by atoms with Crippen molar-refractivity contribution < 1.29 is 26.3 Å². The summed E-state index contributed by atoms with van der Waals surface area (Å²) in [7, 11) is 0. The van der Waals surface area contributed by atoms with Crippen molar-refractivity contribution in [3.63, 3.8) is 0 Å². The van der Waals surface area contributed by atoms with Crippen molar-refractivity contribution in [1.29, 1.82) is 0 Å². The standard InChI is InChI=1S/C18H16NO.BrH/c1-14(20)16-9-5-11-19(12-16)13-17-8-4-7-15-6-2-3-10-18(15)17;/h2-12H,13H2,1H3;1H/q+1;/p-1. The molecule has 0 aliphatic rings. The fourth-order valence-corrected chi connectivity index (χ4v) is 2.46. The highest BCUT2D eigenvalue weighted by molar-refractivity contribution is 5.93. The summed E-state index contributed by atoms with van der Waals surface area (Å²) in [6.45, 7) is 2.36. The lowest BCUT2D eigenvalue weighted by Crippen LogP contribution is -3.00. The predicted molar refractivity (Wildman–Crippen MR) is 79.7 cm³/mol. The first-order chi connectivity index (χ1) is 9.74. The van der Waals surface area contributed by atoms with Gasteiger partial charge in [0, 0.05) is 11.6 Å². The smallest absolute Gasteiger partial charge is 0.179 e. The van der Waals surface area contributed by atoms with Crippen molar-refractivity contribution in [2.45, 2.75) is 13.5 Å². The van der Waals surface area contributed by atoms with Crippen LogP contribution in [0.15, 0.2) is 67.0 Å². The molecular weight excluding hydrogens is 326 g/mol. The molecule has 3 aromatic rings. The van der Waals surface area contributed by atoms with Crippen LogP contribution in [0.3, 0.4) is 0 Å². The number of rotatable bonds is 3. The summed E-state index contributed by atoms with van der Waals surface area (Å²) in [6.07, 6.45) is 3.90. The fraction of sp³-hybridized carbons (Fsp3) is 0.111. The zero-order chi connectivity index (χ0) is 13.9. The second-order valence-electron chi connectivity index (χ2n) is 4.96. The van der Waals surface area contributed by atoms with E-state index in [1.807, 2.05) is 24.5 Å². The third kappa shape index (κ3) is 3.37. The summed E-state index contributed by atoms with van der Waals surface area (Å²) in [5.41, 5.74) is 2.00. The molecule has 0 atom stereocenters. The van der Waals surface area contributed by atoms with Crippen molar-refractivity contribution in [3.05, 3.63) is 78.1 Å². The van der Waals surface area contributed by atoms with Gasteiger partial charge in [-0.2, -0.15) is 0 Å². The molecule has 3 rings (SSSR count). The maximum atomic E-state index is 11.4. The SMILES string of the molecule is CC(=O)c1ccc[n+](Cc2cccc3ccccc23)c1.[Br-]. The molecule has 0 amide bonds. The molecule has 1 aromatic heterocycles. The molecule has 2 aromatic carbocycles. The van der Waals surface area contributed by atoms with Crippen LogP contribution in [-0.4, -0.2) is 5.78 Å². The van der Waals surface area contributed by atoms with Crippen molar-refractivity contribution in [2.24, 2.45) is 0 Å². The third-order valence-corrected chi connectivity index (χ3v) is 3.50. The molecule has 1 heterocycles. The van der Waals surface area contributed by atoms with E-state index in [1.54, 1.807) is 6.92 Å². The number of carbonyl (C=O) groups is 1. The summed E-state index contributed by atoms with van der Waals surface area (Å²) in [5, 5.41) is 2.50. The van der Waals surface area contributed by atoms with Gasteiger partial charge in [-0.1, -0.05) is 42.5 Å². The van der Waals surface area contributed by atoms with Gasteiger partial charge < -0.3 is 17.0 Å². The Kier molecular flexibility index (Phi) is 4.86. The van der Waals surface area contributed by atoms with Crippen LogP contribution in [0.1, 0.15) is 22.8 Å². The van der Waals surface area contributed by atoms with Gasteiger partial charge >= 0.3 is 0 Å². The average Bonchev–Trinajstić information content (AvgIpc) is 2.48. The third-order valence-electron chi connectivity index (χ3n) is 3.50. The van der Waals surface area contributed by atoms with Gasteiger partial charge in [0.15, 0.2) is 24.7 Å². The molecule has 2 nitrogen and oxygen atoms in total. The Bertz CT molecular complexity index is 778. The maximum Gasteiger partial charge on any atom is 0.179 e. The number of aromatic nitrogens is 1. The van der Waals surface area contributed by atoms with Gasteiger partial charge in [-0.25, -0.2) is 4.57 Å². The van der Waals surface area contributed by atoms with Gasteiger partial charge in [0.25, 0.3) is 0 Å². The van der Waals surface area contributed by atoms with E-state index in [9.17, 15) is 4.79 Å². The molecule has 0 spiro atoms. The molecule has 0 radical (unpaired) electrons. The Labute approximate surface area is 134 Å². The molecule has 106 valence electrons. The number of hydrogen-bond donors (Lipinski definition) is 0. The lowest BCUT2D eigenvalue weighted by Gasteiger charge is -2.04. The number of benzene rings is 2. The largest absolute Gasteiger partial charge is 1.00 e. The van der Waals surface area contributed by atoms with Crippen molar-refractivity contribution in [1.82, 2.24) is 0 Å². The monoisotopic (exact) mass is 341 g/mol. The highest BCUT2D eigenvalue weighted by atomic mass is 79.9. The number of pyridine rings is 1. The second-order valence-corrected chi connectivity index (χ2v) is 4.96. The maximum absolute atomic E-state index is 11.4. The number of carbonyl (C=O) groups excluding carboxylic acids is 1. The van der Waals surface area contributed by atoms with Crippen LogP contribution in [0.2, 0.25) is 0 Å². The summed E-state index contributed by atoms with van der Waals surface area (Å²) < 4.78 is 2.05. The quantitative estimate of drug-likeness (QED) is 0.498. The van der Waals surface area contributed by atoms with Crippen LogP contribution >= 0.6 is 0 Å². The van der Waals surface area contributed by atoms with Crippen molar-refractivity contribution in [2.75, 3.05) is 0 Å². The van der Waals surface area contributed by atoms with Gasteiger partial charge in [0.1, 0.15) is 0 Å². The van der Waals surface area contributed by atoms with Crippen molar-refractivity contribution >= 4 is 16.6 Å². The van der Waals surface area contributed by atoms with Crippen LogP contribution in [-0.2, 0) is 6.54 Å². The Morgan fingerprint density at radius 1 is 1.00 bits per heavy atom. The number of halogens is 1. The Balaban J connectivity index is 0.00000161. The van der Waals surface area contributed by atoms with E-state index in [4.69, 9.17) is 0 Å². The molecule has 0 bridgehead atoms. The van der Waals surface area contributed by atoms with Crippen LogP contribution < -0.4 is 21.5 Å². The minimum atomic E-state index is 0.